The van der Waals surface area contributed by atoms with Crippen LogP contribution in [0, 0.1) is 23.7 Å². The minimum Gasteiger partial charge on any atom is -0.327 e. The third-order valence-electron chi connectivity index (χ3n) is 4.43. The average molecular weight is 151 g/mol. The fourth-order valence-corrected chi connectivity index (χ4v) is 3.95. The van der Waals surface area contributed by atoms with E-state index >= 15 is 0 Å². The molecule has 0 radical (unpaired) electrons. The summed E-state index contributed by atoms with van der Waals surface area (Å²) in [6.07, 6.45) is 7.41. The number of nitrogens with two attached hydrogens (primary N) is 1. The molecule has 3 saturated carbocycles. The van der Waals surface area contributed by atoms with Crippen LogP contribution in [0.5, 0.6) is 0 Å². The molecule has 0 aromatic carbocycles. The van der Waals surface area contributed by atoms with E-state index < -0.39 is 0 Å². The molecule has 0 aliphatic heterocycles. The summed E-state index contributed by atoms with van der Waals surface area (Å²) in [6, 6.07) is 0.590. The second-order valence-corrected chi connectivity index (χ2v) is 4.91. The van der Waals surface area contributed by atoms with Crippen molar-refractivity contribution < 1.29 is 0 Å². The first kappa shape index (κ1) is 6.47. The Bertz CT molecular complexity index is 172. The van der Waals surface area contributed by atoms with Gasteiger partial charge >= 0.3 is 0 Å². The highest BCUT2D eigenvalue weighted by Gasteiger charge is 2.48. The van der Waals surface area contributed by atoms with Crippen LogP contribution in [-0.4, -0.2) is 6.04 Å². The van der Waals surface area contributed by atoms with Crippen LogP contribution in [-0.2, 0) is 0 Å². The smallest absolute Gasteiger partial charge is 0.00984 e. The minimum absolute atomic E-state index is 0.590. The summed E-state index contributed by atoms with van der Waals surface area (Å²) in [7, 11) is 0. The third-order valence-corrected chi connectivity index (χ3v) is 4.43. The number of hydrogen-bond acceptors (Lipinski definition) is 1. The molecule has 62 valence electrons. The molecule has 3 rings (SSSR count). The van der Waals surface area contributed by atoms with E-state index in [1.54, 1.807) is 0 Å². The van der Waals surface area contributed by atoms with Crippen LogP contribution in [0.2, 0.25) is 0 Å². The predicted octanol–water partition coefficient (Wildman–Crippen LogP) is 1.77. The van der Waals surface area contributed by atoms with Crippen LogP contribution in [0.25, 0.3) is 0 Å². The van der Waals surface area contributed by atoms with Gasteiger partial charge < -0.3 is 5.73 Å². The van der Waals surface area contributed by atoms with E-state index in [-0.39, 0.29) is 0 Å². The Morgan fingerprint density at radius 3 is 2.55 bits per heavy atom. The quantitative estimate of drug-likeness (QED) is 0.561. The molecular formula is C10H17N. The average Bonchev–Trinajstić information content (AvgIpc) is 2.19. The normalized spacial score (nSPS) is 60.3. The lowest BCUT2D eigenvalue weighted by molar-refractivity contribution is 0.141. The Morgan fingerprint density at radius 2 is 1.64 bits per heavy atom. The van der Waals surface area contributed by atoms with Gasteiger partial charge in [0.2, 0.25) is 0 Å². The van der Waals surface area contributed by atoms with Crippen molar-refractivity contribution in [2.24, 2.45) is 29.4 Å². The standard InChI is InChI=1S/C10H17N/c11-10-8-2-1-7-3-6(4-8)5-9(7)10/h6-10H,1-5,11H2. The molecule has 0 saturated heterocycles. The van der Waals surface area contributed by atoms with E-state index in [0.29, 0.717) is 6.04 Å². The molecular weight excluding hydrogens is 134 g/mol. The zero-order valence-corrected chi connectivity index (χ0v) is 7.00. The van der Waals surface area contributed by atoms with Gasteiger partial charge in [0.1, 0.15) is 0 Å². The molecule has 3 aliphatic rings. The van der Waals surface area contributed by atoms with Gasteiger partial charge in [-0.3, -0.25) is 0 Å². The molecule has 0 aromatic rings. The van der Waals surface area contributed by atoms with E-state index in [4.69, 9.17) is 5.73 Å². The third kappa shape index (κ3) is 0.752. The highest BCUT2D eigenvalue weighted by Crippen LogP contribution is 2.54. The van der Waals surface area contributed by atoms with Crippen molar-refractivity contribution in [3.8, 4) is 0 Å². The predicted molar refractivity (Wildman–Crippen MR) is 45.0 cm³/mol. The van der Waals surface area contributed by atoms with Gasteiger partial charge in [-0.15, -0.1) is 0 Å². The lowest BCUT2D eigenvalue weighted by Gasteiger charge is -2.40. The Kier molecular flexibility index (Phi) is 1.18. The first-order chi connectivity index (χ1) is 5.34. The van der Waals surface area contributed by atoms with Gasteiger partial charge in [0, 0.05) is 6.04 Å². The molecule has 3 fully saturated rings. The van der Waals surface area contributed by atoms with Gasteiger partial charge in [0.15, 0.2) is 0 Å². The van der Waals surface area contributed by atoms with E-state index in [1.165, 1.54) is 32.1 Å². The second-order valence-electron chi connectivity index (χ2n) is 4.91. The zero-order valence-electron chi connectivity index (χ0n) is 7.00. The Morgan fingerprint density at radius 1 is 0.909 bits per heavy atom. The Labute approximate surface area is 68.3 Å². The SMILES string of the molecule is NC1C2CCC3CC(C2)CC31. The molecule has 0 spiro atoms. The van der Waals surface area contributed by atoms with E-state index in [9.17, 15) is 0 Å². The number of rotatable bonds is 0. The Hall–Kier alpha value is -0.0400. The van der Waals surface area contributed by atoms with Crippen LogP contribution in [0.3, 0.4) is 0 Å². The summed E-state index contributed by atoms with van der Waals surface area (Å²) in [5.41, 5.74) is 6.20. The van der Waals surface area contributed by atoms with Gasteiger partial charge in [-0.1, -0.05) is 0 Å². The summed E-state index contributed by atoms with van der Waals surface area (Å²) in [6.45, 7) is 0. The Balaban J connectivity index is 1.96. The van der Waals surface area contributed by atoms with Crippen LogP contribution in [0.1, 0.15) is 32.1 Å². The van der Waals surface area contributed by atoms with Crippen LogP contribution in [0.15, 0.2) is 0 Å². The molecule has 5 atom stereocenters. The summed E-state index contributed by atoms with van der Waals surface area (Å²) in [5.74, 6) is 3.97. The maximum absolute atomic E-state index is 6.20. The first-order valence-corrected chi connectivity index (χ1v) is 5.10. The zero-order chi connectivity index (χ0) is 7.42. The first-order valence-electron chi connectivity index (χ1n) is 5.10. The van der Waals surface area contributed by atoms with Crippen molar-refractivity contribution in [1.29, 1.82) is 0 Å². The lowest BCUT2D eigenvalue weighted by Crippen LogP contribution is -2.44. The summed E-state index contributed by atoms with van der Waals surface area (Å²) < 4.78 is 0. The van der Waals surface area contributed by atoms with Crippen molar-refractivity contribution in [2.45, 2.75) is 38.1 Å². The molecule has 3 aliphatic carbocycles. The van der Waals surface area contributed by atoms with Crippen molar-refractivity contribution in [2.75, 3.05) is 0 Å². The van der Waals surface area contributed by atoms with Crippen LogP contribution >= 0.6 is 0 Å². The van der Waals surface area contributed by atoms with Gasteiger partial charge in [-0.2, -0.15) is 0 Å². The van der Waals surface area contributed by atoms with Crippen LogP contribution < -0.4 is 5.73 Å². The highest BCUT2D eigenvalue weighted by molar-refractivity contribution is 5.01. The van der Waals surface area contributed by atoms with Crippen LogP contribution in [0.4, 0.5) is 0 Å². The molecule has 3 bridgehead atoms. The number of hydrogen-bond donors (Lipinski definition) is 1. The van der Waals surface area contributed by atoms with Crippen molar-refractivity contribution in [3.05, 3.63) is 0 Å². The molecule has 1 nitrogen and oxygen atoms in total. The van der Waals surface area contributed by atoms with Crippen molar-refractivity contribution >= 4 is 0 Å². The fourth-order valence-electron chi connectivity index (χ4n) is 3.95. The van der Waals surface area contributed by atoms with Crippen molar-refractivity contribution in [1.82, 2.24) is 0 Å². The van der Waals surface area contributed by atoms with Gasteiger partial charge in [0.25, 0.3) is 0 Å². The molecule has 5 unspecified atom stereocenters. The maximum atomic E-state index is 6.20. The van der Waals surface area contributed by atoms with E-state index in [1.807, 2.05) is 0 Å². The maximum Gasteiger partial charge on any atom is 0.00984 e. The number of fused-ring (bicyclic) bond motifs is 2. The summed E-state index contributed by atoms with van der Waals surface area (Å²) in [4.78, 5) is 0. The summed E-state index contributed by atoms with van der Waals surface area (Å²) in [5, 5.41) is 0. The monoisotopic (exact) mass is 151 g/mol. The molecule has 0 aromatic heterocycles. The topological polar surface area (TPSA) is 26.0 Å². The highest BCUT2D eigenvalue weighted by atomic mass is 14.7. The largest absolute Gasteiger partial charge is 0.327 e. The molecule has 0 amide bonds. The second kappa shape index (κ2) is 2.01. The van der Waals surface area contributed by atoms with Gasteiger partial charge in [-0.25, -0.2) is 0 Å². The fraction of sp³-hybridized carbons (Fsp3) is 1.00. The van der Waals surface area contributed by atoms with Gasteiger partial charge in [-0.05, 0) is 55.8 Å². The molecule has 11 heavy (non-hydrogen) atoms. The summed E-state index contributed by atoms with van der Waals surface area (Å²) >= 11 is 0. The molecule has 2 N–H and O–H groups in total. The van der Waals surface area contributed by atoms with E-state index in [0.717, 1.165) is 23.7 Å². The molecule has 1 heteroatoms. The molecule has 0 heterocycles. The minimum atomic E-state index is 0.590. The van der Waals surface area contributed by atoms with Crippen molar-refractivity contribution in [3.63, 3.8) is 0 Å². The lowest BCUT2D eigenvalue weighted by atomic mass is 9.69. The van der Waals surface area contributed by atoms with Gasteiger partial charge in [0.05, 0.1) is 0 Å². The van der Waals surface area contributed by atoms with E-state index in [2.05, 4.69) is 0 Å².